The van der Waals surface area contributed by atoms with E-state index in [0.717, 1.165) is 32.0 Å². The second-order valence-corrected chi connectivity index (χ2v) is 7.34. The molecule has 0 saturated carbocycles. The quantitative estimate of drug-likeness (QED) is 0.457. The lowest BCUT2D eigenvalue weighted by Crippen LogP contribution is -2.38. The average Bonchev–Trinajstić information content (AvgIpc) is 3.12. The summed E-state index contributed by atoms with van der Waals surface area (Å²) in [4.78, 5) is 15.4. The number of nitrogens with two attached hydrogens (primary N) is 1. The van der Waals surface area contributed by atoms with Crippen molar-refractivity contribution in [3.05, 3.63) is 29.8 Å². The van der Waals surface area contributed by atoms with Gasteiger partial charge in [-0.1, -0.05) is 12.1 Å². The van der Waals surface area contributed by atoms with Gasteiger partial charge in [-0.15, -0.1) is 0 Å². The summed E-state index contributed by atoms with van der Waals surface area (Å²) < 4.78 is 5.26. The third-order valence-corrected chi connectivity index (χ3v) is 5.21. The maximum absolute atomic E-state index is 10.7. The van der Waals surface area contributed by atoms with Gasteiger partial charge >= 0.3 is 0 Å². The van der Waals surface area contributed by atoms with E-state index in [1.54, 1.807) is 0 Å². The van der Waals surface area contributed by atoms with Crippen LogP contribution in [0, 0.1) is 0 Å². The standard InChI is InChI=1S/C18H28N4O2S/c1-2-20-18(22-12-16-4-3-11-25-16)21-10-9-14-5-7-15(8-6-14)24-13-17(19)23/h5-8,16H,2-4,9-13H2,1H3,(H2,19,23)(H2,20,21,22). The molecular weight excluding hydrogens is 336 g/mol. The highest BCUT2D eigenvalue weighted by Crippen LogP contribution is 2.25. The zero-order valence-corrected chi connectivity index (χ0v) is 15.6. The third kappa shape index (κ3) is 7.69. The van der Waals surface area contributed by atoms with Gasteiger partial charge in [-0.25, -0.2) is 0 Å². The van der Waals surface area contributed by atoms with Crippen LogP contribution in [-0.4, -0.2) is 49.1 Å². The van der Waals surface area contributed by atoms with Gasteiger partial charge in [0, 0.05) is 18.3 Å². The van der Waals surface area contributed by atoms with Gasteiger partial charge in [0.2, 0.25) is 0 Å². The highest BCUT2D eigenvalue weighted by atomic mass is 32.2. The van der Waals surface area contributed by atoms with Crippen molar-refractivity contribution >= 4 is 23.6 Å². The normalized spacial score (nSPS) is 17.3. The van der Waals surface area contributed by atoms with Crippen LogP contribution in [-0.2, 0) is 11.2 Å². The summed E-state index contributed by atoms with van der Waals surface area (Å²) in [6.45, 7) is 4.53. The summed E-state index contributed by atoms with van der Waals surface area (Å²) >= 11 is 2.03. The number of nitrogens with one attached hydrogen (secondary N) is 2. The molecule has 0 spiro atoms. The fourth-order valence-electron chi connectivity index (χ4n) is 2.56. The van der Waals surface area contributed by atoms with Crippen LogP contribution in [0.25, 0.3) is 0 Å². The van der Waals surface area contributed by atoms with Crippen LogP contribution in [0.4, 0.5) is 0 Å². The molecule has 25 heavy (non-hydrogen) atoms. The number of ether oxygens (including phenoxy) is 1. The van der Waals surface area contributed by atoms with E-state index < -0.39 is 5.91 Å². The minimum atomic E-state index is -0.473. The Labute approximate surface area is 154 Å². The second-order valence-electron chi connectivity index (χ2n) is 5.93. The Kier molecular flexibility index (Phi) is 8.45. The molecule has 0 aromatic heterocycles. The average molecular weight is 365 g/mol. The lowest BCUT2D eigenvalue weighted by Gasteiger charge is -2.13. The molecule has 1 aliphatic rings. The van der Waals surface area contributed by atoms with E-state index in [0.29, 0.717) is 11.0 Å². The van der Waals surface area contributed by atoms with Gasteiger partial charge in [-0.05, 0) is 49.6 Å². The number of rotatable bonds is 9. The van der Waals surface area contributed by atoms with Crippen LogP contribution in [0.2, 0.25) is 0 Å². The number of nitrogens with zero attached hydrogens (tertiary/aromatic N) is 1. The number of aliphatic imine (C=N–C) groups is 1. The van der Waals surface area contributed by atoms with Crippen molar-refractivity contribution in [3.63, 3.8) is 0 Å². The summed E-state index contributed by atoms with van der Waals surface area (Å²) in [6.07, 6.45) is 3.48. The van der Waals surface area contributed by atoms with Gasteiger partial charge in [0.1, 0.15) is 5.75 Å². The molecule has 0 radical (unpaired) electrons. The monoisotopic (exact) mass is 364 g/mol. The Hall–Kier alpha value is -1.89. The van der Waals surface area contributed by atoms with Crippen LogP contribution >= 0.6 is 11.8 Å². The molecule has 1 fully saturated rings. The number of hydrogen-bond acceptors (Lipinski definition) is 4. The smallest absolute Gasteiger partial charge is 0.255 e. The van der Waals surface area contributed by atoms with E-state index in [1.165, 1.54) is 24.2 Å². The first-order valence-electron chi connectivity index (χ1n) is 8.81. The number of thioether (sulfide) groups is 1. The Morgan fingerprint density at radius 3 is 2.80 bits per heavy atom. The molecule has 0 bridgehead atoms. The maximum Gasteiger partial charge on any atom is 0.255 e. The van der Waals surface area contributed by atoms with Crippen molar-refractivity contribution in [3.8, 4) is 5.75 Å². The number of carbonyl (C=O) groups is 1. The van der Waals surface area contributed by atoms with Gasteiger partial charge < -0.3 is 21.1 Å². The number of amides is 1. The number of hydrogen-bond donors (Lipinski definition) is 3. The molecule has 1 atom stereocenters. The molecule has 138 valence electrons. The van der Waals surface area contributed by atoms with Crippen molar-refractivity contribution < 1.29 is 9.53 Å². The molecule has 6 nitrogen and oxygen atoms in total. The molecule has 1 aromatic carbocycles. The molecule has 7 heteroatoms. The van der Waals surface area contributed by atoms with Gasteiger partial charge in [0.15, 0.2) is 12.6 Å². The van der Waals surface area contributed by atoms with Crippen LogP contribution in [0.5, 0.6) is 5.75 Å². The maximum atomic E-state index is 10.7. The van der Waals surface area contributed by atoms with Crippen molar-refractivity contribution in [2.24, 2.45) is 10.7 Å². The van der Waals surface area contributed by atoms with E-state index >= 15 is 0 Å². The van der Waals surface area contributed by atoms with E-state index in [-0.39, 0.29) is 6.61 Å². The molecule has 1 unspecified atom stereocenters. The lowest BCUT2D eigenvalue weighted by atomic mass is 10.1. The summed E-state index contributed by atoms with van der Waals surface area (Å²) in [7, 11) is 0. The Balaban J connectivity index is 1.74. The Morgan fingerprint density at radius 2 is 2.16 bits per heavy atom. The fourth-order valence-corrected chi connectivity index (χ4v) is 3.74. The van der Waals surface area contributed by atoms with Crippen molar-refractivity contribution in [2.45, 2.75) is 31.4 Å². The first-order valence-corrected chi connectivity index (χ1v) is 9.86. The van der Waals surface area contributed by atoms with Gasteiger partial charge in [-0.3, -0.25) is 9.79 Å². The second kappa shape index (κ2) is 10.9. The van der Waals surface area contributed by atoms with Crippen LogP contribution in [0.3, 0.4) is 0 Å². The zero-order chi connectivity index (χ0) is 17.9. The highest BCUT2D eigenvalue weighted by Gasteiger charge is 2.14. The van der Waals surface area contributed by atoms with Crippen molar-refractivity contribution in [1.82, 2.24) is 10.6 Å². The first kappa shape index (κ1) is 19.4. The molecule has 2 rings (SSSR count). The molecule has 0 aliphatic carbocycles. The van der Waals surface area contributed by atoms with E-state index in [2.05, 4.69) is 17.6 Å². The predicted octanol–water partition coefficient (Wildman–Crippen LogP) is 1.54. The minimum absolute atomic E-state index is 0.0946. The summed E-state index contributed by atoms with van der Waals surface area (Å²) in [5, 5.41) is 7.35. The Morgan fingerprint density at radius 1 is 1.36 bits per heavy atom. The number of carbonyl (C=O) groups excluding carboxylic acids is 1. The van der Waals surface area contributed by atoms with Crippen LogP contribution in [0.15, 0.2) is 29.3 Å². The molecule has 1 amide bonds. The molecular formula is C18H28N4O2S. The van der Waals surface area contributed by atoms with E-state index in [4.69, 9.17) is 15.5 Å². The molecule has 1 saturated heterocycles. The highest BCUT2D eigenvalue weighted by molar-refractivity contribution is 8.00. The summed E-state index contributed by atoms with van der Waals surface area (Å²) in [5.41, 5.74) is 6.26. The number of guanidine groups is 1. The lowest BCUT2D eigenvalue weighted by molar-refractivity contribution is -0.119. The van der Waals surface area contributed by atoms with E-state index in [9.17, 15) is 4.79 Å². The minimum Gasteiger partial charge on any atom is -0.484 e. The third-order valence-electron chi connectivity index (χ3n) is 3.83. The van der Waals surface area contributed by atoms with E-state index in [1.807, 2.05) is 36.0 Å². The topological polar surface area (TPSA) is 88.7 Å². The molecule has 4 N–H and O–H groups in total. The first-order chi connectivity index (χ1) is 12.2. The van der Waals surface area contributed by atoms with Crippen LogP contribution < -0.4 is 21.1 Å². The SMILES string of the molecule is CCNC(=NCC1CCCS1)NCCc1ccc(OCC(N)=O)cc1. The van der Waals surface area contributed by atoms with Crippen LogP contribution in [0.1, 0.15) is 25.3 Å². The van der Waals surface area contributed by atoms with Crippen molar-refractivity contribution in [2.75, 3.05) is 32.0 Å². The van der Waals surface area contributed by atoms with Gasteiger partial charge in [0.25, 0.3) is 5.91 Å². The largest absolute Gasteiger partial charge is 0.484 e. The molecule has 1 aliphatic heterocycles. The summed E-state index contributed by atoms with van der Waals surface area (Å²) in [6, 6.07) is 7.71. The number of primary amides is 1. The Bertz CT molecular complexity index is 557. The fraction of sp³-hybridized carbons (Fsp3) is 0.556. The molecule has 1 aromatic rings. The molecule has 1 heterocycles. The zero-order valence-electron chi connectivity index (χ0n) is 14.8. The summed E-state index contributed by atoms with van der Waals surface area (Å²) in [5.74, 6) is 2.33. The predicted molar refractivity (Wildman–Crippen MR) is 104 cm³/mol. The van der Waals surface area contributed by atoms with Crippen molar-refractivity contribution in [1.29, 1.82) is 0 Å². The van der Waals surface area contributed by atoms with Gasteiger partial charge in [-0.2, -0.15) is 11.8 Å². The number of benzene rings is 1. The van der Waals surface area contributed by atoms with Gasteiger partial charge in [0.05, 0.1) is 6.54 Å².